The Kier molecular flexibility index (Phi) is 2.32. The molecule has 1 atom stereocenters. The van der Waals surface area contributed by atoms with Crippen LogP contribution in [0.15, 0.2) is 0 Å². The number of hydrogen-bond acceptors (Lipinski definition) is 2. The van der Waals surface area contributed by atoms with Crippen molar-refractivity contribution in [1.29, 1.82) is 0 Å². The maximum Gasteiger partial charge on any atom is 0.0318 e. The van der Waals surface area contributed by atoms with Crippen LogP contribution in [0.1, 0.15) is 19.8 Å². The number of nitrogens with zero attached hydrogens (tertiary/aromatic N) is 1. The second-order valence-electron chi connectivity index (χ2n) is 3.55. The van der Waals surface area contributed by atoms with E-state index in [-0.39, 0.29) is 0 Å². The molecule has 0 aromatic carbocycles. The Labute approximate surface area is 63.6 Å². The molecule has 2 heteroatoms. The molecule has 1 saturated heterocycles. The fraction of sp³-hybridized carbons (Fsp3) is 1.00. The highest BCUT2D eigenvalue weighted by Gasteiger charge is 2.34. The van der Waals surface area contributed by atoms with Crippen LogP contribution >= 0.6 is 0 Å². The lowest BCUT2D eigenvalue weighted by molar-refractivity contribution is 0.147. The van der Waals surface area contributed by atoms with E-state index in [1.807, 2.05) is 0 Å². The first kappa shape index (κ1) is 8.02. The lowest BCUT2D eigenvalue weighted by Gasteiger charge is -2.44. The van der Waals surface area contributed by atoms with Gasteiger partial charge in [0.1, 0.15) is 0 Å². The van der Waals surface area contributed by atoms with Crippen molar-refractivity contribution in [3.8, 4) is 0 Å². The molecule has 0 aromatic rings. The largest absolute Gasteiger partial charge is 0.310 e. The van der Waals surface area contributed by atoms with Gasteiger partial charge >= 0.3 is 0 Å². The summed E-state index contributed by atoms with van der Waals surface area (Å²) in [6.07, 6.45) is 2.60. The van der Waals surface area contributed by atoms with Gasteiger partial charge in [0, 0.05) is 12.1 Å². The summed E-state index contributed by atoms with van der Waals surface area (Å²) in [7, 11) is 4.27. The van der Waals surface area contributed by atoms with E-state index in [9.17, 15) is 0 Å². The summed E-state index contributed by atoms with van der Waals surface area (Å²) in [5.74, 6) is 0. The van der Waals surface area contributed by atoms with Gasteiger partial charge < -0.3 is 10.2 Å². The quantitative estimate of drug-likeness (QED) is 0.623. The van der Waals surface area contributed by atoms with Gasteiger partial charge in [0.05, 0.1) is 0 Å². The minimum Gasteiger partial charge on any atom is -0.310 e. The fourth-order valence-electron chi connectivity index (χ4n) is 1.63. The van der Waals surface area contributed by atoms with Gasteiger partial charge in [-0.15, -0.1) is 0 Å². The van der Waals surface area contributed by atoms with Crippen LogP contribution in [-0.4, -0.2) is 37.6 Å². The summed E-state index contributed by atoms with van der Waals surface area (Å²) in [5.41, 5.74) is 0.462. The summed E-state index contributed by atoms with van der Waals surface area (Å²) in [6, 6.07) is 0. The molecule has 0 amide bonds. The van der Waals surface area contributed by atoms with Crippen molar-refractivity contribution in [2.24, 2.45) is 0 Å². The normalized spacial score (nSPS) is 32.4. The van der Waals surface area contributed by atoms with Crippen molar-refractivity contribution in [1.82, 2.24) is 10.2 Å². The first-order valence-corrected chi connectivity index (χ1v) is 4.08. The molecule has 0 aromatic heterocycles. The van der Waals surface area contributed by atoms with E-state index < -0.39 is 0 Å². The highest BCUT2D eigenvalue weighted by molar-refractivity contribution is 4.96. The zero-order valence-corrected chi connectivity index (χ0v) is 7.28. The third-order valence-electron chi connectivity index (χ3n) is 2.40. The van der Waals surface area contributed by atoms with E-state index in [0.717, 1.165) is 0 Å². The molecule has 1 aliphatic heterocycles. The van der Waals surface area contributed by atoms with Crippen LogP contribution in [0.3, 0.4) is 0 Å². The molecule has 0 aliphatic carbocycles. The zero-order chi connectivity index (χ0) is 7.61. The summed E-state index contributed by atoms with van der Waals surface area (Å²) in [4.78, 5) is 2.26. The second-order valence-corrected chi connectivity index (χ2v) is 3.55. The van der Waals surface area contributed by atoms with Crippen molar-refractivity contribution >= 4 is 0 Å². The number of hydrogen-bond donors (Lipinski definition) is 1. The fourth-order valence-corrected chi connectivity index (χ4v) is 1.63. The maximum absolute atomic E-state index is 3.50. The molecule has 1 heterocycles. The van der Waals surface area contributed by atoms with Crippen LogP contribution in [0.5, 0.6) is 0 Å². The topological polar surface area (TPSA) is 15.3 Å². The lowest BCUT2D eigenvalue weighted by atomic mass is 9.85. The third kappa shape index (κ3) is 1.50. The molecule has 2 nitrogen and oxygen atoms in total. The average Bonchev–Trinajstić information content (AvgIpc) is 1.78. The van der Waals surface area contributed by atoms with Crippen LogP contribution < -0.4 is 5.32 Å². The zero-order valence-electron chi connectivity index (χ0n) is 7.28. The average molecular weight is 142 g/mol. The molecule has 60 valence electrons. The Balaban J connectivity index is 2.33. The van der Waals surface area contributed by atoms with E-state index in [2.05, 4.69) is 31.2 Å². The van der Waals surface area contributed by atoms with Crippen molar-refractivity contribution in [2.75, 3.05) is 27.2 Å². The van der Waals surface area contributed by atoms with Gasteiger partial charge in [0.2, 0.25) is 0 Å². The van der Waals surface area contributed by atoms with Gasteiger partial charge in [0.25, 0.3) is 0 Å². The Hall–Kier alpha value is -0.0800. The third-order valence-corrected chi connectivity index (χ3v) is 2.40. The first-order valence-electron chi connectivity index (χ1n) is 4.08. The lowest BCUT2D eigenvalue weighted by Crippen LogP contribution is -2.61. The van der Waals surface area contributed by atoms with Crippen LogP contribution in [0.25, 0.3) is 0 Å². The second kappa shape index (κ2) is 2.89. The summed E-state index contributed by atoms with van der Waals surface area (Å²) >= 11 is 0. The Morgan fingerprint density at radius 2 is 2.10 bits per heavy atom. The maximum atomic E-state index is 3.50. The van der Waals surface area contributed by atoms with E-state index in [1.165, 1.54) is 25.9 Å². The molecular formula is C8H18N2. The van der Waals surface area contributed by atoms with E-state index in [1.54, 1.807) is 0 Å². The van der Waals surface area contributed by atoms with Crippen molar-refractivity contribution in [2.45, 2.75) is 25.3 Å². The van der Waals surface area contributed by atoms with Gasteiger partial charge in [-0.05, 0) is 33.5 Å². The van der Waals surface area contributed by atoms with E-state index in [4.69, 9.17) is 0 Å². The molecule has 1 rings (SSSR count). The molecule has 1 aliphatic rings. The standard InChI is InChI=1S/C8H18N2/c1-4-8(5-6-9-8)7-10(2)3/h9H,4-7H2,1-3H3. The monoisotopic (exact) mass is 142 g/mol. The van der Waals surface area contributed by atoms with Gasteiger partial charge in [-0.25, -0.2) is 0 Å². The Bertz CT molecular complexity index is 100. The van der Waals surface area contributed by atoms with Crippen LogP contribution in [0.2, 0.25) is 0 Å². The number of likely N-dealkylation sites (N-methyl/N-ethyl adjacent to an activating group) is 1. The summed E-state index contributed by atoms with van der Waals surface area (Å²) in [5, 5.41) is 3.50. The molecule has 0 bridgehead atoms. The van der Waals surface area contributed by atoms with Gasteiger partial charge in [-0.3, -0.25) is 0 Å². The molecule has 10 heavy (non-hydrogen) atoms. The summed E-state index contributed by atoms with van der Waals surface area (Å²) in [6.45, 7) is 4.65. The van der Waals surface area contributed by atoms with Crippen LogP contribution in [0.4, 0.5) is 0 Å². The molecule has 1 unspecified atom stereocenters. The molecule has 0 saturated carbocycles. The van der Waals surface area contributed by atoms with E-state index >= 15 is 0 Å². The smallest absolute Gasteiger partial charge is 0.0318 e. The highest BCUT2D eigenvalue weighted by atomic mass is 15.2. The number of rotatable bonds is 3. The van der Waals surface area contributed by atoms with Crippen molar-refractivity contribution in [3.05, 3.63) is 0 Å². The predicted molar refractivity (Wildman–Crippen MR) is 44.2 cm³/mol. The van der Waals surface area contributed by atoms with Gasteiger partial charge in [0.15, 0.2) is 0 Å². The Morgan fingerprint density at radius 3 is 2.20 bits per heavy atom. The van der Waals surface area contributed by atoms with Crippen LogP contribution in [0, 0.1) is 0 Å². The molecule has 0 radical (unpaired) electrons. The molecule has 1 fully saturated rings. The molecular weight excluding hydrogens is 124 g/mol. The Morgan fingerprint density at radius 1 is 1.50 bits per heavy atom. The molecule has 1 N–H and O–H groups in total. The van der Waals surface area contributed by atoms with Crippen molar-refractivity contribution < 1.29 is 0 Å². The van der Waals surface area contributed by atoms with Crippen molar-refractivity contribution in [3.63, 3.8) is 0 Å². The minimum atomic E-state index is 0.462. The first-order chi connectivity index (χ1) is 4.68. The molecule has 0 spiro atoms. The predicted octanol–water partition coefficient (Wildman–Crippen LogP) is 0.690. The summed E-state index contributed by atoms with van der Waals surface area (Å²) < 4.78 is 0. The van der Waals surface area contributed by atoms with Crippen LogP contribution in [-0.2, 0) is 0 Å². The minimum absolute atomic E-state index is 0.462. The highest BCUT2D eigenvalue weighted by Crippen LogP contribution is 2.22. The SMILES string of the molecule is CCC1(CN(C)C)CCN1. The van der Waals surface area contributed by atoms with E-state index in [0.29, 0.717) is 5.54 Å². The van der Waals surface area contributed by atoms with Gasteiger partial charge in [-0.1, -0.05) is 6.92 Å². The van der Waals surface area contributed by atoms with Gasteiger partial charge in [-0.2, -0.15) is 0 Å². The number of nitrogens with one attached hydrogen (secondary N) is 1.